The standard InChI is InChI=1S/C13H12OS2/c1-9-8-12(10(2)16-9)13(14)6-5-11-4-3-7-15-11/h3-8H,1-2H3/b6-5+. The summed E-state index contributed by atoms with van der Waals surface area (Å²) in [5.74, 6) is 0.0928. The number of aryl methyl sites for hydroxylation is 2. The van der Waals surface area contributed by atoms with E-state index in [2.05, 4.69) is 0 Å². The maximum absolute atomic E-state index is 11.9. The van der Waals surface area contributed by atoms with Gasteiger partial charge < -0.3 is 0 Å². The van der Waals surface area contributed by atoms with Crippen LogP contribution in [-0.4, -0.2) is 5.78 Å². The van der Waals surface area contributed by atoms with Crippen molar-refractivity contribution in [1.29, 1.82) is 0 Å². The van der Waals surface area contributed by atoms with Crippen LogP contribution in [0.15, 0.2) is 29.7 Å². The Morgan fingerprint density at radius 1 is 1.38 bits per heavy atom. The summed E-state index contributed by atoms with van der Waals surface area (Å²) in [4.78, 5) is 15.3. The lowest BCUT2D eigenvalue weighted by molar-refractivity contribution is 0.104. The highest BCUT2D eigenvalue weighted by molar-refractivity contribution is 7.12. The molecule has 0 aliphatic carbocycles. The number of thiophene rings is 2. The van der Waals surface area contributed by atoms with Crippen LogP contribution in [0.1, 0.15) is 25.0 Å². The maximum Gasteiger partial charge on any atom is 0.186 e. The van der Waals surface area contributed by atoms with Gasteiger partial charge >= 0.3 is 0 Å². The van der Waals surface area contributed by atoms with Gasteiger partial charge in [0.2, 0.25) is 0 Å². The predicted octanol–water partition coefficient (Wildman–Crippen LogP) is 4.32. The zero-order valence-electron chi connectivity index (χ0n) is 9.19. The summed E-state index contributed by atoms with van der Waals surface area (Å²) in [5.41, 5.74) is 0.829. The van der Waals surface area contributed by atoms with E-state index in [1.807, 2.05) is 43.5 Å². The molecule has 2 heterocycles. The second kappa shape index (κ2) is 4.76. The van der Waals surface area contributed by atoms with E-state index in [-0.39, 0.29) is 5.78 Å². The average molecular weight is 248 g/mol. The fraction of sp³-hybridized carbons (Fsp3) is 0.154. The van der Waals surface area contributed by atoms with Crippen molar-refractivity contribution in [3.05, 3.63) is 49.9 Å². The van der Waals surface area contributed by atoms with Gasteiger partial charge in [-0.1, -0.05) is 6.07 Å². The SMILES string of the molecule is Cc1cc(C(=O)/C=C/c2cccs2)c(C)s1. The van der Waals surface area contributed by atoms with Crippen LogP contribution in [0.25, 0.3) is 6.08 Å². The lowest BCUT2D eigenvalue weighted by Gasteiger charge is -1.91. The van der Waals surface area contributed by atoms with Crippen molar-refractivity contribution >= 4 is 34.5 Å². The van der Waals surface area contributed by atoms with Crippen LogP contribution in [0, 0.1) is 13.8 Å². The monoisotopic (exact) mass is 248 g/mol. The molecular weight excluding hydrogens is 236 g/mol. The molecule has 0 fully saturated rings. The number of ketones is 1. The molecular formula is C13H12OS2. The predicted molar refractivity (Wildman–Crippen MR) is 71.5 cm³/mol. The minimum atomic E-state index is 0.0928. The summed E-state index contributed by atoms with van der Waals surface area (Å²) in [6.07, 6.45) is 3.53. The third-order valence-corrected chi connectivity index (χ3v) is 4.05. The van der Waals surface area contributed by atoms with Crippen molar-refractivity contribution in [2.24, 2.45) is 0 Å². The highest BCUT2D eigenvalue weighted by atomic mass is 32.1. The summed E-state index contributed by atoms with van der Waals surface area (Å²) < 4.78 is 0. The van der Waals surface area contributed by atoms with Crippen LogP contribution in [0.2, 0.25) is 0 Å². The van der Waals surface area contributed by atoms with Gasteiger partial charge in [-0.15, -0.1) is 22.7 Å². The molecule has 0 N–H and O–H groups in total. The third-order valence-electron chi connectivity index (χ3n) is 2.25. The van der Waals surface area contributed by atoms with Gasteiger partial charge in [0, 0.05) is 20.2 Å². The number of rotatable bonds is 3. The van der Waals surface area contributed by atoms with Gasteiger partial charge in [0.15, 0.2) is 5.78 Å². The lowest BCUT2D eigenvalue weighted by Crippen LogP contribution is -1.93. The number of hydrogen-bond donors (Lipinski definition) is 0. The molecule has 3 heteroatoms. The van der Waals surface area contributed by atoms with E-state index >= 15 is 0 Å². The molecule has 2 aromatic rings. The molecule has 82 valence electrons. The van der Waals surface area contributed by atoms with Crippen molar-refractivity contribution in [3.63, 3.8) is 0 Å². The number of hydrogen-bond acceptors (Lipinski definition) is 3. The second-order valence-corrected chi connectivity index (χ2v) is 5.98. The zero-order chi connectivity index (χ0) is 11.5. The van der Waals surface area contributed by atoms with Gasteiger partial charge in [0.05, 0.1) is 0 Å². The average Bonchev–Trinajstić information content (AvgIpc) is 2.84. The van der Waals surface area contributed by atoms with E-state index in [0.717, 1.165) is 15.3 Å². The minimum absolute atomic E-state index is 0.0928. The van der Waals surface area contributed by atoms with Gasteiger partial charge in [-0.3, -0.25) is 4.79 Å². The Hall–Kier alpha value is -1.19. The Bertz CT molecular complexity index is 518. The fourth-order valence-electron chi connectivity index (χ4n) is 1.51. The first-order valence-electron chi connectivity index (χ1n) is 5.00. The Morgan fingerprint density at radius 2 is 2.19 bits per heavy atom. The molecule has 16 heavy (non-hydrogen) atoms. The molecule has 2 rings (SSSR count). The largest absolute Gasteiger partial charge is 0.289 e. The Labute approximate surface area is 103 Å². The Balaban J connectivity index is 2.17. The molecule has 0 saturated heterocycles. The highest BCUT2D eigenvalue weighted by Gasteiger charge is 2.08. The molecule has 2 aromatic heterocycles. The topological polar surface area (TPSA) is 17.1 Å². The first-order valence-corrected chi connectivity index (χ1v) is 6.69. The first kappa shape index (κ1) is 11.3. The van der Waals surface area contributed by atoms with Crippen LogP contribution in [0.5, 0.6) is 0 Å². The molecule has 0 aromatic carbocycles. The molecule has 0 radical (unpaired) electrons. The molecule has 0 atom stereocenters. The summed E-state index contributed by atoms with van der Waals surface area (Å²) in [5, 5.41) is 2.00. The van der Waals surface area contributed by atoms with Crippen LogP contribution in [0.3, 0.4) is 0 Å². The number of carbonyl (C=O) groups is 1. The molecule has 1 nitrogen and oxygen atoms in total. The molecule has 0 spiro atoms. The van der Waals surface area contributed by atoms with Gasteiger partial charge in [0.25, 0.3) is 0 Å². The van der Waals surface area contributed by atoms with E-state index in [1.165, 1.54) is 4.88 Å². The van der Waals surface area contributed by atoms with Crippen molar-refractivity contribution < 1.29 is 4.79 Å². The molecule has 0 unspecified atom stereocenters. The van der Waals surface area contributed by atoms with Crippen LogP contribution in [-0.2, 0) is 0 Å². The Kier molecular flexibility index (Phi) is 3.36. The molecule has 0 aliphatic heterocycles. The smallest absolute Gasteiger partial charge is 0.186 e. The van der Waals surface area contributed by atoms with E-state index in [9.17, 15) is 4.79 Å². The van der Waals surface area contributed by atoms with Crippen molar-refractivity contribution in [3.8, 4) is 0 Å². The summed E-state index contributed by atoms with van der Waals surface area (Å²) >= 11 is 3.30. The normalized spacial score (nSPS) is 11.1. The van der Waals surface area contributed by atoms with Crippen molar-refractivity contribution in [2.45, 2.75) is 13.8 Å². The maximum atomic E-state index is 11.9. The van der Waals surface area contributed by atoms with Gasteiger partial charge in [-0.05, 0) is 43.5 Å². The summed E-state index contributed by atoms with van der Waals surface area (Å²) in [6.45, 7) is 4.02. The lowest BCUT2D eigenvalue weighted by atomic mass is 10.1. The van der Waals surface area contributed by atoms with E-state index < -0.39 is 0 Å². The summed E-state index contributed by atoms with van der Waals surface area (Å²) in [6, 6.07) is 5.94. The quantitative estimate of drug-likeness (QED) is 0.584. The van der Waals surface area contributed by atoms with Crippen LogP contribution >= 0.6 is 22.7 Å². The van der Waals surface area contributed by atoms with E-state index in [0.29, 0.717) is 0 Å². The van der Waals surface area contributed by atoms with Crippen LogP contribution in [0.4, 0.5) is 0 Å². The molecule has 0 bridgehead atoms. The Morgan fingerprint density at radius 3 is 2.75 bits per heavy atom. The minimum Gasteiger partial charge on any atom is -0.289 e. The van der Waals surface area contributed by atoms with Gasteiger partial charge in [-0.2, -0.15) is 0 Å². The van der Waals surface area contributed by atoms with Crippen molar-refractivity contribution in [1.82, 2.24) is 0 Å². The van der Waals surface area contributed by atoms with Crippen molar-refractivity contribution in [2.75, 3.05) is 0 Å². The second-order valence-electron chi connectivity index (χ2n) is 3.54. The van der Waals surface area contributed by atoms with E-state index in [1.54, 1.807) is 28.7 Å². The zero-order valence-corrected chi connectivity index (χ0v) is 10.8. The third kappa shape index (κ3) is 2.49. The first-order chi connectivity index (χ1) is 7.66. The number of carbonyl (C=O) groups excluding carboxylic acids is 1. The fourth-order valence-corrected chi connectivity index (χ4v) is 3.06. The molecule has 0 aliphatic rings. The highest BCUT2D eigenvalue weighted by Crippen LogP contribution is 2.21. The van der Waals surface area contributed by atoms with Gasteiger partial charge in [0.1, 0.15) is 0 Å². The molecule has 0 amide bonds. The van der Waals surface area contributed by atoms with Gasteiger partial charge in [-0.25, -0.2) is 0 Å². The summed E-state index contributed by atoms with van der Waals surface area (Å²) in [7, 11) is 0. The molecule has 0 saturated carbocycles. The van der Waals surface area contributed by atoms with E-state index in [4.69, 9.17) is 0 Å². The number of allylic oxidation sites excluding steroid dienone is 1. The van der Waals surface area contributed by atoms with Crippen LogP contribution < -0.4 is 0 Å².